The van der Waals surface area contributed by atoms with Crippen molar-refractivity contribution in [2.24, 2.45) is 0 Å². The smallest absolute Gasteiger partial charge is 0.250 e. The Hall–Kier alpha value is -1.28. The summed E-state index contributed by atoms with van der Waals surface area (Å²) in [6, 6.07) is 5.29. The minimum Gasteiger partial charge on any atom is -0.316 e. The summed E-state index contributed by atoms with van der Waals surface area (Å²) in [6.07, 6.45) is 3.30. The zero-order chi connectivity index (χ0) is 13.7. The second-order valence-corrected chi connectivity index (χ2v) is 6.90. The lowest BCUT2D eigenvalue weighted by atomic mass is 10.3. The molecule has 19 heavy (non-hydrogen) atoms. The summed E-state index contributed by atoms with van der Waals surface area (Å²) in [4.78, 5) is 3.95. The van der Waals surface area contributed by atoms with Gasteiger partial charge in [0.15, 0.2) is 0 Å². The van der Waals surface area contributed by atoms with Crippen LogP contribution in [0.4, 0.5) is 0 Å². The molecule has 0 aromatic carbocycles. The fourth-order valence-corrected chi connectivity index (χ4v) is 3.81. The molecule has 0 bridgehead atoms. The molecule has 0 aliphatic rings. The van der Waals surface area contributed by atoms with E-state index in [9.17, 15) is 8.42 Å². The number of hydrogen-bond donors (Lipinski definition) is 2. The number of sulfonamides is 1. The molecule has 2 N–H and O–H groups in total. The van der Waals surface area contributed by atoms with Crippen LogP contribution >= 0.6 is 11.3 Å². The Morgan fingerprint density at radius 1 is 1.32 bits per heavy atom. The number of nitrogens with one attached hydrogen (secondary N) is 2. The molecule has 0 aliphatic heterocycles. The first-order chi connectivity index (χ1) is 9.12. The van der Waals surface area contributed by atoms with Crippen molar-refractivity contribution in [3.05, 3.63) is 47.1 Å². The van der Waals surface area contributed by atoms with Gasteiger partial charge in [0.25, 0.3) is 0 Å². The number of rotatable bonds is 6. The molecular weight excluding hydrogens is 282 g/mol. The fraction of sp³-hybridized carbons (Fsp3) is 0.250. The predicted octanol–water partition coefficient (Wildman–Crippen LogP) is 1.34. The van der Waals surface area contributed by atoms with Crippen molar-refractivity contribution in [3.63, 3.8) is 0 Å². The molecule has 0 saturated carbocycles. The van der Waals surface area contributed by atoms with E-state index in [1.165, 1.54) is 11.3 Å². The molecule has 0 aliphatic carbocycles. The van der Waals surface area contributed by atoms with Gasteiger partial charge in [0, 0.05) is 25.5 Å². The van der Waals surface area contributed by atoms with Gasteiger partial charge in [0.2, 0.25) is 10.0 Å². The summed E-state index contributed by atoms with van der Waals surface area (Å²) >= 11 is 1.23. The first kappa shape index (κ1) is 14.1. The maximum absolute atomic E-state index is 12.1. The highest BCUT2D eigenvalue weighted by molar-refractivity contribution is 7.91. The van der Waals surface area contributed by atoms with E-state index in [0.717, 1.165) is 11.1 Å². The van der Waals surface area contributed by atoms with Crippen LogP contribution < -0.4 is 10.0 Å². The van der Waals surface area contributed by atoms with Crippen molar-refractivity contribution in [2.75, 3.05) is 7.05 Å². The Labute approximate surface area is 116 Å². The van der Waals surface area contributed by atoms with Gasteiger partial charge < -0.3 is 5.32 Å². The monoisotopic (exact) mass is 297 g/mol. The lowest BCUT2D eigenvalue weighted by Crippen LogP contribution is -2.22. The van der Waals surface area contributed by atoms with Gasteiger partial charge in [-0.3, -0.25) is 4.98 Å². The molecule has 0 saturated heterocycles. The van der Waals surface area contributed by atoms with Crippen LogP contribution in [-0.2, 0) is 23.1 Å². The van der Waals surface area contributed by atoms with Crippen LogP contribution in [0.5, 0.6) is 0 Å². The van der Waals surface area contributed by atoms with E-state index in [0.29, 0.717) is 10.8 Å². The Morgan fingerprint density at radius 3 is 2.84 bits per heavy atom. The van der Waals surface area contributed by atoms with E-state index < -0.39 is 10.0 Å². The van der Waals surface area contributed by atoms with E-state index in [4.69, 9.17) is 0 Å². The standard InChI is InChI=1S/C12H15N3O2S2/c1-13-6-11-5-12(18-9-11)19(16,17)15-8-10-3-2-4-14-7-10/h2-5,7,9,13,15H,6,8H2,1H3. The maximum atomic E-state index is 12.1. The molecular formula is C12H15N3O2S2. The van der Waals surface area contributed by atoms with Gasteiger partial charge in [-0.2, -0.15) is 0 Å². The zero-order valence-electron chi connectivity index (χ0n) is 10.5. The number of aromatic nitrogens is 1. The molecule has 0 amide bonds. The average molecular weight is 297 g/mol. The molecule has 0 radical (unpaired) electrons. The van der Waals surface area contributed by atoms with Crippen LogP contribution in [0.1, 0.15) is 11.1 Å². The second kappa shape index (κ2) is 6.25. The van der Waals surface area contributed by atoms with E-state index in [2.05, 4.69) is 15.0 Å². The first-order valence-corrected chi connectivity index (χ1v) is 8.08. The summed E-state index contributed by atoms with van der Waals surface area (Å²) < 4.78 is 27.1. The molecule has 2 aromatic rings. The Balaban J connectivity index is 2.05. The van der Waals surface area contributed by atoms with Crippen LogP contribution in [0.3, 0.4) is 0 Å². The Kier molecular flexibility index (Phi) is 4.65. The van der Waals surface area contributed by atoms with Crippen molar-refractivity contribution < 1.29 is 8.42 Å². The summed E-state index contributed by atoms with van der Waals surface area (Å²) in [5.41, 5.74) is 1.80. The van der Waals surface area contributed by atoms with Gasteiger partial charge >= 0.3 is 0 Å². The third-order valence-corrected chi connectivity index (χ3v) is 5.35. The normalized spacial score (nSPS) is 11.6. The second-order valence-electron chi connectivity index (χ2n) is 3.99. The third kappa shape index (κ3) is 3.84. The van der Waals surface area contributed by atoms with E-state index >= 15 is 0 Å². The van der Waals surface area contributed by atoms with E-state index in [1.54, 1.807) is 24.5 Å². The molecule has 102 valence electrons. The maximum Gasteiger partial charge on any atom is 0.250 e. The minimum absolute atomic E-state index is 0.245. The minimum atomic E-state index is -3.44. The summed E-state index contributed by atoms with van der Waals surface area (Å²) in [5, 5.41) is 4.83. The Morgan fingerprint density at radius 2 is 2.16 bits per heavy atom. The number of pyridine rings is 1. The number of hydrogen-bond acceptors (Lipinski definition) is 5. The highest BCUT2D eigenvalue weighted by atomic mass is 32.2. The SMILES string of the molecule is CNCc1csc(S(=O)(=O)NCc2cccnc2)c1. The Bertz CT molecular complexity index is 623. The van der Waals surface area contributed by atoms with Crippen molar-refractivity contribution in [3.8, 4) is 0 Å². The van der Waals surface area contributed by atoms with Gasteiger partial charge in [-0.05, 0) is 35.7 Å². The number of thiophene rings is 1. The van der Waals surface area contributed by atoms with Gasteiger partial charge in [0.05, 0.1) is 0 Å². The van der Waals surface area contributed by atoms with Gasteiger partial charge in [-0.15, -0.1) is 11.3 Å². The summed E-state index contributed by atoms with van der Waals surface area (Å²) in [5.74, 6) is 0. The highest BCUT2D eigenvalue weighted by Crippen LogP contribution is 2.20. The van der Waals surface area contributed by atoms with Crippen LogP contribution in [-0.4, -0.2) is 20.4 Å². The van der Waals surface area contributed by atoms with Crippen molar-refractivity contribution in [2.45, 2.75) is 17.3 Å². The summed E-state index contributed by atoms with van der Waals surface area (Å²) in [6.45, 7) is 0.907. The molecule has 2 rings (SSSR count). The summed E-state index contributed by atoms with van der Waals surface area (Å²) in [7, 11) is -1.62. The van der Waals surface area contributed by atoms with Gasteiger partial charge in [-0.1, -0.05) is 6.07 Å². The molecule has 0 spiro atoms. The molecule has 0 atom stereocenters. The van der Waals surface area contributed by atoms with Crippen LogP contribution in [0.25, 0.3) is 0 Å². The molecule has 2 aromatic heterocycles. The lowest BCUT2D eigenvalue weighted by molar-refractivity contribution is 0.583. The largest absolute Gasteiger partial charge is 0.316 e. The third-order valence-electron chi connectivity index (χ3n) is 2.46. The van der Waals surface area contributed by atoms with E-state index in [-0.39, 0.29) is 6.54 Å². The van der Waals surface area contributed by atoms with Crippen molar-refractivity contribution in [1.82, 2.24) is 15.0 Å². The molecule has 0 unspecified atom stereocenters. The lowest BCUT2D eigenvalue weighted by Gasteiger charge is -2.04. The van der Waals surface area contributed by atoms with Crippen LogP contribution in [0.2, 0.25) is 0 Å². The van der Waals surface area contributed by atoms with Gasteiger partial charge in [0.1, 0.15) is 4.21 Å². The first-order valence-electron chi connectivity index (χ1n) is 5.72. The van der Waals surface area contributed by atoms with Crippen molar-refractivity contribution >= 4 is 21.4 Å². The van der Waals surface area contributed by atoms with E-state index in [1.807, 2.05) is 18.5 Å². The average Bonchev–Trinajstić information content (AvgIpc) is 2.88. The number of nitrogens with zero attached hydrogens (tertiary/aromatic N) is 1. The molecule has 7 heteroatoms. The van der Waals surface area contributed by atoms with Gasteiger partial charge in [-0.25, -0.2) is 13.1 Å². The van der Waals surface area contributed by atoms with Crippen LogP contribution in [0, 0.1) is 0 Å². The predicted molar refractivity (Wildman–Crippen MR) is 75.3 cm³/mol. The topological polar surface area (TPSA) is 71.1 Å². The molecule has 5 nitrogen and oxygen atoms in total. The quantitative estimate of drug-likeness (QED) is 0.844. The van der Waals surface area contributed by atoms with Crippen LogP contribution in [0.15, 0.2) is 40.2 Å². The van der Waals surface area contributed by atoms with Crippen molar-refractivity contribution in [1.29, 1.82) is 0 Å². The molecule has 2 heterocycles. The fourth-order valence-electron chi connectivity index (χ4n) is 1.54. The molecule has 0 fully saturated rings. The highest BCUT2D eigenvalue weighted by Gasteiger charge is 2.16. The zero-order valence-corrected chi connectivity index (χ0v) is 12.1.